The molecule has 1 aliphatic carbocycles. The number of fused-ring (bicyclic) bond motifs is 3. The van der Waals surface area contributed by atoms with Crippen LogP contribution in [0.1, 0.15) is 24.2 Å². The molecule has 0 amide bonds. The molecule has 0 radical (unpaired) electrons. The van der Waals surface area contributed by atoms with Gasteiger partial charge in [0.15, 0.2) is 5.11 Å². The molecule has 1 heterocycles. The van der Waals surface area contributed by atoms with E-state index in [0.29, 0.717) is 5.11 Å². The third-order valence-corrected chi connectivity index (χ3v) is 3.32. The van der Waals surface area contributed by atoms with Crippen LogP contribution in [-0.2, 0) is 12.8 Å². The zero-order valence-electron chi connectivity index (χ0n) is 9.45. The average molecular weight is 246 g/mol. The second-order valence-corrected chi connectivity index (χ2v) is 4.85. The third-order valence-electron chi connectivity index (χ3n) is 3.22. The number of anilines is 1. The zero-order chi connectivity index (χ0) is 11.8. The summed E-state index contributed by atoms with van der Waals surface area (Å²) in [5.74, 6) is 1.15. The molecular formula is C13H14N2OS. The lowest BCUT2D eigenvalue weighted by atomic mass is 9.96. The van der Waals surface area contributed by atoms with Gasteiger partial charge in [-0.05, 0) is 49.7 Å². The third kappa shape index (κ3) is 1.89. The number of nitrogens with one attached hydrogen (secondary N) is 1. The molecular weight excluding hydrogens is 232 g/mol. The van der Waals surface area contributed by atoms with E-state index in [1.54, 1.807) is 0 Å². The Morgan fingerprint density at radius 1 is 1.29 bits per heavy atom. The van der Waals surface area contributed by atoms with Crippen molar-refractivity contribution in [3.05, 3.63) is 29.5 Å². The number of nitrogens with two attached hydrogens (primary N) is 1. The molecule has 3 nitrogen and oxygen atoms in total. The summed E-state index contributed by atoms with van der Waals surface area (Å²) in [4.78, 5) is 0. The van der Waals surface area contributed by atoms with Crippen molar-refractivity contribution in [2.24, 2.45) is 5.73 Å². The van der Waals surface area contributed by atoms with Gasteiger partial charge in [-0.15, -0.1) is 0 Å². The highest BCUT2D eigenvalue weighted by Crippen LogP contribution is 2.33. The molecule has 0 saturated heterocycles. The minimum atomic E-state index is 0.293. The van der Waals surface area contributed by atoms with Gasteiger partial charge >= 0.3 is 0 Å². The van der Waals surface area contributed by atoms with E-state index in [9.17, 15) is 0 Å². The second-order valence-electron chi connectivity index (χ2n) is 4.41. The first kappa shape index (κ1) is 10.6. The Bertz CT molecular complexity index is 588. The van der Waals surface area contributed by atoms with Gasteiger partial charge in [0.2, 0.25) is 0 Å². The number of aryl methyl sites for hydroxylation is 2. The van der Waals surface area contributed by atoms with Crippen molar-refractivity contribution < 1.29 is 4.42 Å². The highest BCUT2D eigenvalue weighted by Gasteiger charge is 2.17. The normalized spacial score (nSPS) is 14.6. The molecule has 1 aliphatic rings. The van der Waals surface area contributed by atoms with Crippen molar-refractivity contribution in [3.63, 3.8) is 0 Å². The molecule has 88 valence electrons. The van der Waals surface area contributed by atoms with Crippen LogP contribution in [0.4, 0.5) is 5.69 Å². The van der Waals surface area contributed by atoms with Crippen LogP contribution < -0.4 is 11.1 Å². The van der Waals surface area contributed by atoms with E-state index in [-0.39, 0.29) is 0 Å². The van der Waals surface area contributed by atoms with Gasteiger partial charge in [-0.25, -0.2) is 0 Å². The summed E-state index contributed by atoms with van der Waals surface area (Å²) in [7, 11) is 0. The van der Waals surface area contributed by atoms with Gasteiger partial charge in [-0.3, -0.25) is 0 Å². The first-order chi connectivity index (χ1) is 8.24. The predicted molar refractivity (Wildman–Crippen MR) is 73.3 cm³/mol. The van der Waals surface area contributed by atoms with E-state index in [4.69, 9.17) is 22.4 Å². The van der Waals surface area contributed by atoms with Crippen molar-refractivity contribution in [2.45, 2.75) is 25.7 Å². The standard InChI is InChI=1S/C13H14N2OS/c14-13(17)15-8-5-6-12-10(7-8)9-3-1-2-4-11(9)16-12/h5-7H,1-4H2,(H3,14,15,17). The Kier molecular flexibility index (Phi) is 2.52. The van der Waals surface area contributed by atoms with E-state index in [1.807, 2.05) is 12.1 Å². The molecule has 0 unspecified atom stereocenters. The van der Waals surface area contributed by atoms with Crippen LogP contribution in [0, 0.1) is 0 Å². The summed E-state index contributed by atoms with van der Waals surface area (Å²) in [5, 5.41) is 4.45. The molecule has 0 aliphatic heterocycles. The Labute approximate surface area is 105 Å². The Morgan fingerprint density at radius 2 is 2.12 bits per heavy atom. The Morgan fingerprint density at radius 3 is 2.94 bits per heavy atom. The molecule has 3 rings (SSSR count). The summed E-state index contributed by atoms with van der Waals surface area (Å²) in [5.41, 5.74) is 8.73. The maximum absolute atomic E-state index is 5.86. The van der Waals surface area contributed by atoms with Crippen molar-refractivity contribution in [1.29, 1.82) is 0 Å². The number of furan rings is 1. The summed E-state index contributed by atoms with van der Waals surface area (Å²) >= 11 is 4.84. The molecule has 4 heteroatoms. The number of rotatable bonds is 1. The topological polar surface area (TPSA) is 51.2 Å². The van der Waals surface area contributed by atoms with Crippen LogP contribution in [0.15, 0.2) is 22.6 Å². The lowest BCUT2D eigenvalue weighted by Crippen LogP contribution is -2.18. The first-order valence-electron chi connectivity index (χ1n) is 5.85. The van der Waals surface area contributed by atoms with E-state index < -0.39 is 0 Å². The molecule has 0 fully saturated rings. The Balaban J connectivity index is 2.11. The van der Waals surface area contributed by atoms with Crippen molar-refractivity contribution >= 4 is 34.0 Å². The number of hydrogen-bond acceptors (Lipinski definition) is 2. The maximum atomic E-state index is 5.86. The van der Waals surface area contributed by atoms with Crippen LogP contribution in [-0.4, -0.2) is 5.11 Å². The van der Waals surface area contributed by atoms with Crippen LogP contribution >= 0.6 is 12.2 Å². The molecule has 1 aromatic heterocycles. The van der Waals surface area contributed by atoms with E-state index in [0.717, 1.165) is 29.9 Å². The molecule has 0 saturated carbocycles. The summed E-state index contributed by atoms with van der Waals surface area (Å²) < 4.78 is 5.86. The molecule has 0 bridgehead atoms. The van der Waals surface area contributed by atoms with Gasteiger partial charge in [0.05, 0.1) is 0 Å². The van der Waals surface area contributed by atoms with Gasteiger partial charge in [-0.2, -0.15) is 0 Å². The van der Waals surface area contributed by atoms with Gasteiger partial charge < -0.3 is 15.5 Å². The van der Waals surface area contributed by atoms with E-state index >= 15 is 0 Å². The van der Waals surface area contributed by atoms with Crippen LogP contribution in [0.3, 0.4) is 0 Å². The fourth-order valence-corrected chi connectivity index (χ4v) is 2.60. The van der Waals surface area contributed by atoms with Gasteiger partial charge in [0.1, 0.15) is 11.3 Å². The largest absolute Gasteiger partial charge is 0.461 e. The fourth-order valence-electron chi connectivity index (χ4n) is 2.48. The van der Waals surface area contributed by atoms with Crippen molar-refractivity contribution in [1.82, 2.24) is 0 Å². The van der Waals surface area contributed by atoms with E-state index in [1.165, 1.54) is 23.8 Å². The van der Waals surface area contributed by atoms with Crippen LogP contribution in [0.25, 0.3) is 11.0 Å². The average Bonchev–Trinajstić information content (AvgIpc) is 2.66. The molecule has 3 N–H and O–H groups in total. The van der Waals surface area contributed by atoms with Gasteiger partial charge in [-0.1, -0.05) is 0 Å². The zero-order valence-corrected chi connectivity index (χ0v) is 10.3. The van der Waals surface area contributed by atoms with E-state index in [2.05, 4.69) is 11.4 Å². The lowest BCUT2D eigenvalue weighted by molar-refractivity contribution is 0.506. The van der Waals surface area contributed by atoms with Gasteiger partial charge in [0.25, 0.3) is 0 Å². The molecule has 0 atom stereocenters. The smallest absolute Gasteiger partial charge is 0.168 e. The molecule has 1 aromatic carbocycles. The SMILES string of the molecule is NC(=S)Nc1ccc2oc3c(c2c1)CCCC3. The van der Waals surface area contributed by atoms with Gasteiger partial charge in [0, 0.05) is 23.1 Å². The lowest BCUT2D eigenvalue weighted by Gasteiger charge is -2.09. The highest BCUT2D eigenvalue weighted by molar-refractivity contribution is 7.80. The van der Waals surface area contributed by atoms with Crippen LogP contribution in [0.2, 0.25) is 0 Å². The molecule has 17 heavy (non-hydrogen) atoms. The van der Waals surface area contributed by atoms with Crippen molar-refractivity contribution in [3.8, 4) is 0 Å². The maximum Gasteiger partial charge on any atom is 0.168 e. The fraction of sp³-hybridized carbons (Fsp3) is 0.308. The second kappa shape index (κ2) is 4.04. The molecule has 0 spiro atoms. The summed E-state index contributed by atoms with van der Waals surface area (Å²) in [6.45, 7) is 0. The predicted octanol–water partition coefficient (Wildman–Crippen LogP) is 2.97. The monoisotopic (exact) mass is 246 g/mol. The number of benzene rings is 1. The minimum Gasteiger partial charge on any atom is -0.461 e. The number of hydrogen-bond donors (Lipinski definition) is 2. The van der Waals surface area contributed by atoms with Crippen molar-refractivity contribution in [2.75, 3.05) is 5.32 Å². The Hall–Kier alpha value is -1.55. The summed E-state index contributed by atoms with van der Waals surface area (Å²) in [6, 6.07) is 5.99. The van der Waals surface area contributed by atoms with Crippen LogP contribution in [0.5, 0.6) is 0 Å². The number of thiocarbonyl (C=S) groups is 1. The summed E-state index contributed by atoms with van der Waals surface area (Å²) in [6.07, 6.45) is 4.64. The first-order valence-corrected chi connectivity index (χ1v) is 6.25. The molecule has 2 aromatic rings. The highest BCUT2D eigenvalue weighted by atomic mass is 32.1. The minimum absolute atomic E-state index is 0.293. The quantitative estimate of drug-likeness (QED) is 0.760.